The highest BCUT2D eigenvalue weighted by molar-refractivity contribution is 7.99. The van der Waals surface area contributed by atoms with Gasteiger partial charge in [-0.05, 0) is 56.4 Å². The third-order valence-corrected chi connectivity index (χ3v) is 5.37. The average Bonchev–Trinajstić information content (AvgIpc) is 3.21. The van der Waals surface area contributed by atoms with Crippen molar-refractivity contribution in [1.82, 2.24) is 25.3 Å². The molecule has 2 aromatic heterocycles. The normalized spacial score (nSPS) is 11.0. The van der Waals surface area contributed by atoms with Gasteiger partial charge in [0, 0.05) is 29.7 Å². The fourth-order valence-electron chi connectivity index (χ4n) is 2.80. The van der Waals surface area contributed by atoms with Gasteiger partial charge in [0.2, 0.25) is 0 Å². The number of halogens is 1. The molecule has 27 heavy (non-hydrogen) atoms. The Bertz CT molecular complexity index is 932. The largest absolute Gasteiger partial charge is 0.351 e. The Hall–Kier alpha value is -2.61. The van der Waals surface area contributed by atoms with Gasteiger partial charge in [-0.25, -0.2) is 4.39 Å². The van der Waals surface area contributed by atoms with Crippen LogP contribution in [-0.2, 0) is 7.05 Å². The first-order chi connectivity index (χ1) is 13.0. The highest BCUT2D eigenvalue weighted by Crippen LogP contribution is 2.25. The van der Waals surface area contributed by atoms with Crippen LogP contribution in [0.4, 0.5) is 4.39 Å². The van der Waals surface area contributed by atoms with Crippen LogP contribution in [0, 0.1) is 19.7 Å². The van der Waals surface area contributed by atoms with Crippen LogP contribution in [0.1, 0.15) is 28.3 Å². The van der Waals surface area contributed by atoms with Crippen LogP contribution >= 0.6 is 11.8 Å². The zero-order valence-electron chi connectivity index (χ0n) is 15.5. The zero-order valence-corrected chi connectivity index (χ0v) is 16.4. The molecule has 3 aromatic rings. The first-order valence-corrected chi connectivity index (χ1v) is 9.67. The molecule has 6 nitrogen and oxygen atoms in total. The van der Waals surface area contributed by atoms with Gasteiger partial charge >= 0.3 is 0 Å². The molecule has 0 radical (unpaired) electrons. The Morgan fingerprint density at radius 3 is 2.70 bits per heavy atom. The van der Waals surface area contributed by atoms with E-state index in [0.717, 1.165) is 39.7 Å². The summed E-state index contributed by atoms with van der Waals surface area (Å²) in [6.07, 6.45) is 0.815. The monoisotopic (exact) mass is 387 g/mol. The summed E-state index contributed by atoms with van der Waals surface area (Å²) in [6, 6.07) is 8.16. The van der Waals surface area contributed by atoms with E-state index in [1.54, 1.807) is 34.6 Å². The van der Waals surface area contributed by atoms with Crippen molar-refractivity contribution in [3.05, 3.63) is 53.2 Å². The van der Waals surface area contributed by atoms with E-state index in [4.69, 9.17) is 0 Å². The Morgan fingerprint density at radius 2 is 2.04 bits per heavy atom. The van der Waals surface area contributed by atoms with Gasteiger partial charge in [0.05, 0.1) is 11.4 Å². The van der Waals surface area contributed by atoms with Crippen molar-refractivity contribution in [3.8, 4) is 11.3 Å². The van der Waals surface area contributed by atoms with Crippen molar-refractivity contribution in [2.45, 2.75) is 25.2 Å². The van der Waals surface area contributed by atoms with Gasteiger partial charge in [0.1, 0.15) is 11.5 Å². The number of benzene rings is 1. The Labute approximate surface area is 161 Å². The molecular formula is C19H22FN5OS. The number of nitrogens with one attached hydrogen (secondary N) is 2. The van der Waals surface area contributed by atoms with E-state index in [2.05, 4.69) is 20.6 Å². The second kappa shape index (κ2) is 8.39. The molecule has 1 amide bonds. The predicted molar refractivity (Wildman–Crippen MR) is 104 cm³/mol. The van der Waals surface area contributed by atoms with Crippen LogP contribution in [0.5, 0.6) is 0 Å². The minimum Gasteiger partial charge on any atom is -0.351 e. The number of amides is 1. The molecular weight excluding hydrogens is 365 g/mol. The van der Waals surface area contributed by atoms with Gasteiger partial charge in [-0.3, -0.25) is 14.6 Å². The lowest BCUT2D eigenvalue weighted by molar-refractivity contribution is 0.0949. The summed E-state index contributed by atoms with van der Waals surface area (Å²) in [7, 11) is 1.88. The van der Waals surface area contributed by atoms with E-state index in [1.807, 2.05) is 20.9 Å². The van der Waals surface area contributed by atoms with Crippen molar-refractivity contribution >= 4 is 17.7 Å². The molecule has 0 saturated carbocycles. The zero-order chi connectivity index (χ0) is 19.4. The summed E-state index contributed by atoms with van der Waals surface area (Å²) in [6.45, 7) is 4.46. The molecule has 2 N–H and O–H groups in total. The standard InChI is InChI=1S/C19H22FN5OS/c1-12-18(13(2)25(3)24-12)16-11-17(23-22-16)19(26)21-9-4-10-27-15-7-5-14(20)6-8-15/h5-8,11H,4,9-10H2,1-3H3,(H,21,26)(H,22,23). The number of thioether (sulfide) groups is 1. The average molecular weight is 387 g/mol. The smallest absolute Gasteiger partial charge is 0.269 e. The van der Waals surface area contributed by atoms with Gasteiger partial charge in [-0.1, -0.05) is 0 Å². The maximum Gasteiger partial charge on any atom is 0.269 e. The van der Waals surface area contributed by atoms with E-state index >= 15 is 0 Å². The molecule has 1 aromatic carbocycles. The minimum atomic E-state index is -0.234. The highest BCUT2D eigenvalue weighted by Gasteiger charge is 2.16. The summed E-state index contributed by atoms with van der Waals surface area (Å²) < 4.78 is 14.7. The molecule has 0 aliphatic heterocycles. The van der Waals surface area contributed by atoms with Crippen LogP contribution in [0.15, 0.2) is 35.2 Å². The molecule has 0 fully saturated rings. The number of rotatable bonds is 7. The van der Waals surface area contributed by atoms with Crippen molar-refractivity contribution < 1.29 is 9.18 Å². The van der Waals surface area contributed by atoms with E-state index in [-0.39, 0.29) is 11.7 Å². The van der Waals surface area contributed by atoms with Gasteiger partial charge in [-0.2, -0.15) is 10.2 Å². The molecule has 0 spiro atoms. The van der Waals surface area contributed by atoms with Crippen molar-refractivity contribution in [2.75, 3.05) is 12.3 Å². The lowest BCUT2D eigenvalue weighted by Gasteiger charge is -2.04. The molecule has 0 unspecified atom stereocenters. The Morgan fingerprint density at radius 1 is 1.30 bits per heavy atom. The third kappa shape index (κ3) is 4.57. The van der Waals surface area contributed by atoms with E-state index in [0.29, 0.717) is 12.2 Å². The number of hydrogen-bond donors (Lipinski definition) is 2. The number of H-pyrrole nitrogens is 1. The Balaban J connectivity index is 1.49. The van der Waals surface area contributed by atoms with Crippen LogP contribution < -0.4 is 5.32 Å². The molecule has 142 valence electrons. The van der Waals surface area contributed by atoms with Gasteiger partial charge in [0.25, 0.3) is 5.91 Å². The number of aromatic amines is 1. The number of hydrogen-bond acceptors (Lipinski definition) is 4. The van der Waals surface area contributed by atoms with E-state index < -0.39 is 0 Å². The Kier molecular flexibility index (Phi) is 5.95. The second-order valence-electron chi connectivity index (χ2n) is 6.25. The number of aryl methyl sites for hydroxylation is 2. The lowest BCUT2D eigenvalue weighted by atomic mass is 10.1. The summed E-state index contributed by atoms with van der Waals surface area (Å²) in [5.74, 6) is 0.427. The van der Waals surface area contributed by atoms with Crippen LogP contribution in [-0.4, -0.2) is 38.2 Å². The summed E-state index contributed by atoms with van der Waals surface area (Å²) in [5, 5.41) is 14.3. The van der Waals surface area contributed by atoms with Crippen LogP contribution in [0.25, 0.3) is 11.3 Å². The number of carbonyl (C=O) groups excluding carboxylic acids is 1. The first kappa shape index (κ1) is 19.2. The maximum absolute atomic E-state index is 12.9. The molecule has 0 aliphatic carbocycles. The minimum absolute atomic E-state index is 0.181. The number of aromatic nitrogens is 4. The molecule has 0 aliphatic rings. The van der Waals surface area contributed by atoms with E-state index in [9.17, 15) is 9.18 Å². The molecule has 0 bridgehead atoms. The maximum atomic E-state index is 12.9. The van der Waals surface area contributed by atoms with Crippen molar-refractivity contribution in [2.24, 2.45) is 7.05 Å². The summed E-state index contributed by atoms with van der Waals surface area (Å²) >= 11 is 1.64. The van der Waals surface area contributed by atoms with Crippen LogP contribution in [0.3, 0.4) is 0 Å². The van der Waals surface area contributed by atoms with Gasteiger partial charge < -0.3 is 5.32 Å². The quantitative estimate of drug-likeness (QED) is 0.481. The van der Waals surface area contributed by atoms with Gasteiger partial charge in [0.15, 0.2) is 0 Å². The lowest BCUT2D eigenvalue weighted by Crippen LogP contribution is -2.25. The molecule has 3 rings (SSSR count). The SMILES string of the molecule is Cc1nn(C)c(C)c1-c1cc(C(=O)NCCCSc2ccc(F)cc2)[nH]n1. The molecule has 0 atom stereocenters. The van der Waals surface area contributed by atoms with E-state index in [1.165, 1.54) is 12.1 Å². The predicted octanol–water partition coefficient (Wildman–Crippen LogP) is 3.48. The van der Waals surface area contributed by atoms with Gasteiger partial charge in [-0.15, -0.1) is 11.8 Å². The summed E-state index contributed by atoms with van der Waals surface area (Å²) in [4.78, 5) is 13.3. The van der Waals surface area contributed by atoms with Crippen molar-refractivity contribution in [1.29, 1.82) is 0 Å². The fourth-order valence-corrected chi connectivity index (χ4v) is 3.65. The molecule has 2 heterocycles. The molecule has 0 saturated heterocycles. The second-order valence-corrected chi connectivity index (χ2v) is 7.42. The third-order valence-electron chi connectivity index (χ3n) is 4.28. The fraction of sp³-hybridized carbons (Fsp3) is 0.316. The summed E-state index contributed by atoms with van der Waals surface area (Å²) in [5.41, 5.74) is 3.98. The van der Waals surface area contributed by atoms with Crippen LogP contribution in [0.2, 0.25) is 0 Å². The number of carbonyl (C=O) groups is 1. The number of nitrogens with zero attached hydrogens (tertiary/aromatic N) is 3. The highest BCUT2D eigenvalue weighted by atomic mass is 32.2. The first-order valence-electron chi connectivity index (χ1n) is 8.68. The van der Waals surface area contributed by atoms with Crippen molar-refractivity contribution in [3.63, 3.8) is 0 Å². The topological polar surface area (TPSA) is 75.6 Å². The molecule has 8 heteroatoms.